The number of hydrogen-bond donors (Lipinski definition) is 0. The summed E-state index contributed by atoms with van der Waals surface area (Å²) in [4.78, 5) is 10.2. The van der Waals surface area contributed by atoms with Gasteiger partial charge in [0.05, 0.1) is 0 Å². The van der Waals surface area contributed by atoms with Crippen LogP contribution in [-0.2, 0) is 4.79 Å². The maximum absolute atomic E-state index is 11.7. The Labute approximate surface area is 69.0 Å². The van der Waals surface area contributed by atoms with E-state index in [-0.39, 0.29) is 0 Å². The first-order chi connectivity index (χ1) is 5.54. The van der Waals surface area contributed by atoms with Crippen LogP contribution in [-0.4, -0.2) is 18.1 Å². The second-order valence-electron chi connectivity index (χ2n) is 2.15. The van der Waals surface area contributed by atoms with Gasteiger partial charge in [0.25, 0.3) is 0 Å². The van der Waals surface area contributed by atoms with Crippen LogP contribution >= 0.6 is 0 Å². The van der Waals surface area contributed by atoms with Gasteiger partial charge in [0, 0.05) is 6.08 Å². The van der Waals surface area contributed by atoms with Crippen molar-refractivity contribution in [3.63, 3.8) is 0 Å². The van der Waals surface area contributed by atoms with Crippen LogP contribution in [0.1, 0.15) is 6.92 Å². The zero-order valence-corrected chi connectivity index (χ0v) is 6.25. The molecule has 0 N–H and O–H groups in total. The number of allylic oxidation sites excluding steroid dienone is 2. The highest BCUT2D eigenvalue weighted by molar-refractivity contribution is 5.94. The summed E-state index contributed by atoms with van der Waals surface area (Å²) in [6, 6.07) is 0. The molecule has 0 amide bonds. The molecule has 0 aromatic carbocycles. The van der Waals surface area contributed by atoms with Crippen LogP contribution in [0.3, 0.4) is 0 Å². The number of rotatable bonds is 1. The molecule has 0 rings (SSSR count). The summed E-state index contributed by atoms with van der Waals surface area (Å²) >= 11 is 0. The summed E-state index contributed by atoms with van der Waals surface area (Å²) in [5.74, 6) is -1.66. The van der Waals surface area contributed by atoms with Gasteiger partial charge in [-0.15, -0.1) is 0 Å². The van der Waals surface area contributed by atoms with Crippen molar-refractivity contribution in [3.8, 4) is 0 Å². The minimum Gasteiger partial charge on any atom is -0.295 e. The lowest BCUT2D eigenvalue weighted by Crippen LogP contribution is -2.21. The number of hydrogen-bond acceptors (Lipinski definition) is 1. The first-order valence-electron chi connectivity index (χ1n) is 2.92. The van der Waals surface area contributed by atoms with Crippen LogP contribution in [0, 0.1) is 0 Å². The molecule has 0 aliphatic carbocycles. The van der Waals surface area contributed by atoms with Gasteiger partial charge >= 0.3 is 12.4 Å². The SMILES string of the molecule is CC(=O)/C(=C\C(F)(F)F)C(F)(F)F. The van der Waals surface area contributed by atoms with Crippen LogP contribution in [0.25, 0.3) is 0 Å². The molecule has 0 saturated heterocycles. The van der Waals surface area contributed by atoms with Gasteiger partial charge in [-0.2, -0.15) is 26.3 Å². The molecule has 1 nitrogen and oxygen atoms in total. The van der Waals surface area contributed by atoms with E-state index in [1.54, 1.807) is 0 Å². The Hall–Kier alpha value is -1.01. The molecule has 0 radical (unpaired) electrons. The average Bonchev–Trinajstić information content (AvgIpc) is 1.77. The molecule has 76 valence electrons. The first-order valence-corrected chi connectivity index (χ1v) is 2.92. The zero-order chi connectivity index (χ0) is 10.9. The highest BCUT2D eigenvalue weighted by Gasteiger charge is 2.40. The number of carbonyl (C=O) groups excluding carboxylic acids is 1. The molecule has 0 bridgehead atoms. The molecular formula is C6H4F6O. The van der Waals surface area contributed by atoms with E-state index < -0.39 is 29.8 Å². The summed E-state index contributed by atoms with van der Waals surface area (Å²) < 4.78 is 69.5. The fourth-order valence-corrected chi connectivity index (χ4v) is 0.547. The summed E-state index contributed by atoms with van der Waals surface area (Å²) in [5, 5.41) is 0. The minimum absolute atomic E-state index is 0.422. The standard InChI is InChI=1S/C6H4F6O/c1-3(13)4(6(10,11)12)2-5(7,8)9/h2H,1H3/b4-2+. The van der Waals surface area contributed by atoms with Gasteiger partial charge in [-0.3, -0.25) is 4.79 Å². The van der Waals surface area contributed by atoms with Crippen LogP contribution < -0.4 is 0 Å². The van der Waals surface area contributed by atoms with Crippen LogP contribution in [0.15, 0.2) is 11.6 Å². The van der Waals surface area contributed by atoms with Crippen LogP contribution in [0.5, 0.6) is 0 Å². The Morgan fingerprint density at radius 3 is 1.54 bits per heavy atom. The third kappa shape index (κ3) is 4.54. The monoisotopic (exact) mass is 206 g/mol. The fraction of sp³-hybridized carbons (Fsp3) is 0.500. The van der Waals surface area contributed by atoms with Gasteiger partial charge in [-0.1, -0.05) is 0 Å². The quantitative estimate of drug-likeness (QED) is 0.476. The summed E-state index contributed by atoms with van der Waals surface area (Å²) in [6.07, 6.45) is -11.5. The number of alkyl halides is 6. The smallest absolute Gasteiger partial charge is 0.295 e. The molecule has 0 atom stereocenters. The molecule has 0 aromatic heterocycles. The topological polar surface area (TPSA) is 17.1 Å². The molecule has 0 saturated carbocycles. The Morgan fingerprint density at radius 2 is 1.46 bits per heavy atom. The minimum atomic E-state index is -5.26. The summed E-state index contributed by atoms with van der Waals surface area (Å²) in [5.41, 5.74) is -2.19. The van der Waals surface area contributed by atoms with E-state index in [9.17, 15) is 31.1 Å². The number of halogens is 6. The van der Waals surface area contributed by atoms with Gasteiger partial charge in [-0.05, 0) is 6.92 Å². The van der Waals surface area contributed by atoms with E-state index >= 15 is 0 Å². The normalized spacial score (nSPS) is 14.5. The van der Waals surface area contributed by atoms with E-state index in [4.69, 9.17) is 0 Å². The number of ketones is 1. The molecule has 0 aliphatic rings. The lowest BCUT2D eigenvalue weighted by Gasteiger charge is -2.09. The van der Waals surface area contributed by atoms with Crippen molar-refractivity contribution in [2.24, 2.45) is 0 Å². The lowest BCUT2D eigenvalue weighted by molar-refractivity contribution is -0.131. The fourth-order valence-electron chi connectivity index (χ4n) is 0.547. The van der Waals surface area contributed by atoms with Crippen LogP contribution in [0.2, 0.25) is 0 Å². The first kappa shape index (κ1) is 12.0. The molecule has 7 heteroatoms. The Bertz CT molecular complexity index is 232. The molecule has 0 unspecified atom stereocenters. The maximum atomic E-state index is 11.7. The van der Waals surface area contributed by atoms with Crippen molar-refractivity contribution in [2.45, 2.75) is 19.3 Å². The molecule has 0 heterocycles. The summed E-state index contributed by atoms with van der Waals surface area (Å²) in [7, 11) is 0. The molecule has 0 fully saturated rings. The van der Waals surface area contributed by atoms with E-state index in [0.717, 1.165) is 0 Å². The zero-order valence-electron chi connectivity index (χ0n) is 6.25. The van der Waals surface area contributed by atoms with E-state index in [1.807, 2.05) is 0 Å². The molecule has 13 heavy (non-hydrogen) atoms. The number of Topliss-reactive ketones (excluding diaryl/α,β-unsaturated/α-hetero) is 1. The molecular weight excluding hydrogens is 202 g/mol. The Kier molecular flexibility index (Phi) is 3.13. The summed E-state index contributed by atoms with van der Waals surface area (Å²) in [6.45, 7) is 0.422. The average molecular weight is 206 g/mol. The van der Waals surface area contributed by atoms with Crippen molar-refractivity contribution < 1.29 is 31.1 Å². The van der Waals surface area contributed by atoms with Crippen molar-refractivity contribution >= 4 is 5.78 Å². The van der Waals surface area contributed by atoms with Crippen molar-refractivity contribution in [3.05, 3.63) is 11.6 Å². The second-order valence-corrected chi connectivity index (χ2v) is 2.15. The van der Waals surface area contributed by atoms with Gasteiger partial charge in [0.1, 0.15) is 5.57 Å². The Balaban J connectivity index is 5.06. The predicted molar refractivity (Wildman–Crippen MR) is 30.9 cm³/mol. The third-order valence-corrected chi connectivity index (χ3v) is 0.993. The third-order valence-electron chi connectivity index (χ3n) is 0.993. The van der Waals surface area contributed by atoms with E-state index in [1.165, 1.54) is 0 Å². The van der Waals surface area contributed by atoms with Crippen molar-refractivity contribution in [1.29, 1.82) is 0 Å². The van der Waals surface area contributed by atoms with E-state index in [0.29, 0.717) is 6.92 Å². The van der Waals surface area contributed by atoms with Gasteiger partial charge in [0.2, 0.25) is 0 Å². The van der Waals surface area contributed by atoms with Gasteiger partial charge in [-0.25, -0.2) is 0 Å². The lowest BCUT2D eigenvalue weighted by atomic mass is 10.1. The molecule has 0 aliphatic heterocycles. The van der Waals surface area contributed by atoms with E-state index in [2.05, 4.69) is 0 Å². The maximum Gasteiger partial charge on any atom is 0.419 e. The number of carbonyl (C=O) groups is 1. The van der Waals surface area contributed by atoms with Crippen LogP contribution in [0.4, 0.5) is 26.3 Å². The van der Waals surface area contributed by atoms with Gasteiger partial charge in [0.15, 0.2) is 5.78 Å². The molecule has 0 spiro atoms. The highest BCUT2D eigenvalue weighted by Crippen LogP contribution is 2.30. The largest absolute Gasteiger partial charge is 0.419 e. The highest BCUT2D eigenvalue weighted by atomic mass is 19.4. The Morgan fingerprint density at radius 1 is 1.08 bits per heavy atom. The molecule has 0 aromatic rings. The van der Waals surface area contributed by atoms with Gasteiger partial charge < -0.3 is 0 Å². The predicted octanol–water partition coefficient (Wildman–Crippen LogP) is 2.63. The second kappa shape index (κ2) is 3.39. The van der Waals surface area contributed by atoms with Crippen molar-refractivity contribution in [2.75, 3.05) is 0 Å². The van der Waals surface area contributed by atoms with Crippen molar-refractivity contribution in [1.82, 2.24) is 0 Å².